The average molecular weight is 281 g/mol. The molecule has 0 saturated heterocycles. The van der Waals surface area contributed by atoms with E-state index in [1.54, 1.807) is 0 Å². The molecule has 0 bridgehead atoms. The molecule has 0 aliphatic heterocycles. The third kappa shape index (κ3) is 2.37. The van der Waals surface area contributed by atoms with Gasteiger partial charge in [0.1, 0.15) is 0 Å². The lowest BCUT2D eigenvalue weighted by Crippen LogP contribution is -2.34. The van der Waals surface area contributed by atoms with E-state index in [4.69, 9.17) is 5.73 Å². The first-order valence-electron chi connectivity index (χ1n) is 6.94. The van der Waals surface area contributed by atoms with E-state index in [-0.39, 0.29) is 5.41 Å². The third-order valence-corrected chi connectivity index (χ3v) is 4.91. The van der Waals surface area contributed by atoms with Crippen LogP contribution >= 0.6 is 11.3 Å². The first-order chi connectivity index (χ1) is 9.73. The highest BCUT2D eigenvalue weighted by Crippen LogP contribution is 2.33. The second-order valence-corrected chi connectivity index (χ2v) is 6.58. The van der Waals surface area contributed by atoms with E-state index in [2.05, 4.69) is 66.9 Å². The van der Waals surface area contributed by atoms with Crippen LogP contribution in [0.15, 0.2) is 60.0 Å². The molecule has 3 aromatic rings. The summed E-state index contributed by atoms with van der Waals surface area (Å²) in [5.74, 6) is 0. The van der Waals surface area contributed by atoms with Gasteiger partial charge in [-0.15, -0.1) is 11.3 Å². The predicted octanol–water partition coefficient (Wildman–Crippen LogP) is 4.36. The molecule has 0 amide bonds. The van der Waals surface area contributed by atoms with Crippen LogP contribution in [0, 0.1) is 0 Å². The van der Waals surface area contributed by atoms with Crippen LogP contribution in [0.1, 0.15) is 17.4 Å². The summed E-state index contributed by atoms with van der Waals surface area (Å²) < 4.78 is 0. The zero-order chi connectivity index (χ0) is 14.0. The van der Waals surface area contributed by atoms with Crippen LogP contribution in [0.2, 0.25) is 0 Å². The van der Waals surface area contributed by atoms with Crippen LogP contribution in [-0.2, 0) is 11.8 Å². The van der Waals surface area contributed by atoms with Crippen molar-refractivity contribution in [1.82, 2.24) is 0 Å². The highest BCUT2D eigenvalue weighted by atomic mass is 32.1. The van der Waals surface area contributed by atoms with Gasteiger partial charge in [-0.3, -0.25) is 0 Å². The topological polar surface area (TPSA) is 26.0 Å². The Bertz CT molecular complexity index is 697. The largest absolute Gasteiger partial charge is 0.330 e. The number of hydrogen-bond acceptors (Lipinski definition) is 2. The van der Waals surface area contributed by atoms with E-state index >= 15 is 0 Å². The molecule has 0 radical (unpaired) electrons. The van der Waals surface area contributed by atoms with Crippen LogP contribution in [0.5, 0.6) is 0 Å². The van der Waals surface area contributed by atoms with Gasteiger partial charge in [0.05, 0.1) is 0 Å². The minimum Gasteiger partial charge on any atom is -0.330 e. The molecule has 0 aliphatic carbocycles. The molecule has 0 spiro atoms. The fraction of sp³-hybridized carbons (Fsp3) is 0.222. The summed E-state index contributed by atoms with van der Waals surface area (Å²) in [4.78, 5) is 1.39. The van der Waals surface area contributed by atoms with Crippen molar-refractivity contribution in [2.75, 3.05) is 6.54 Å². The molecule has 102 valence electrons. The summed E-state index contributed by atoms with van der Waals surface area (Å²) in [5, 5.41) is 4.74. The van der Waals surface area contributed by atoms with Crippen molar-refractivity contribution < 1.29 is 0 Å². The van der Waals surface area contributed by atoms with E-state index in [1.165, 1.54) is 21.2 Å². The molecule has 2 heteroatoms. The number of thiophene rings is 1. The Labute approximate surface area is 124 Å². The molecule has 1 heterocycles. The zero-order valence-electron chi connectivity index (χ0n) is 11.7. The molecular formula is C18H19NS. The van der Waals surface area contributed by atoms with Crippen molar-refractivity contribution in [3.05, 3.63) is 70.4 Å². The van der Waals surface area contributed by atoms with Crippen molar-refractivity contribution in [3.8, 4) is 0 Å². The summed E-state index contributed by atoms with van der Waals surface area (Å²) in [6.45, 7) is 2.92. The summed E-state index contributed by atoms with van der Waals surface area (Å²) in [7, 11) is 0. The van der Waals surface area contributed by atoms with Gasteiger partial charge in [-0.25, -0.2) is 0 Å². The Kier molecular flexibility index (Phi) is 3.60. The van der Waals surface area contributed by atoms with Crippen molar-refractivity contribution in [2.24, 2.45) is 5.73 Å². The molecular weight excluding hydrogens is 262 g/mol. The molecule has 3 rings (SSSR count). The molecule has 1 aromatic heterocycles. The highest BCUT2D eigenvalue weighted by Gasteiger charge is 2.27. The fourth-order valence-electron chi connectivity index (χ4n) is 2.83. The van der Waals surface area contributed by atoms with Gasteiger partial charge in [0.2, 0.25) is 0 Å². The van der Waals surface area contributed by atoms with E-state index in [9.17, 15) is 0 Å². The molecule has 1 unspecified atom stereocenters. The van der Waals surface area contributed by atoms with Gasteiger partial charge in [-0.05, 0) is 34.2 Å². The van der Waals surface area contributed by atoms with Gasteiger partial charge >= 0.3 is 0 Å². The summed E-state index contributed by atoms with van der Waals surface area (Å²) >= 11 is 1.81. The normalized spacial score (nSPS) is 14.3. The Hall–Kier alpha value is -1.64. The quantitative estimate of drug-likeness (QED) is 0.755. The Balaban J connectivity index is 2.11. The number of rotatable bonds is 4. The van der Waals surface area contributed by atoms with E-state index in [0.717, 1.165) is 6.42 Å². The molecule has 2 aromatic carbocycles. The van der Waals surface area contributed by atoms with Crippen LogP contribution in [0.4, 0.5) is 0 Å². The molecule has 0 saturated carbocycles. The van der Waals surface area contributed by atoms with Crippen LogP contribution < -0.4 is 5.73 Å². The minimum atomic E-state index is -0.0221. The fourth-order valence-corrected chi connectivity index (χ4v) is 3.72. The first-order valence-corrected chi connectivity index (χ1v) is 7.82. The van der Waals surface area contributed by atoms with Gasteiger partial charge in [0.15, 0.2) is 0 Å². The lowest BCUT2D eigenvalue weighted by Gasteiger charge is -2.29. The minimum absolute atomic E-state index is 0.0221. The zero-order valence-corrected chi connectivity index (χ0v) is 12.5. The maximum atomic E-state index is 6.15. The number of hydrogen-bond donors (Lipinski definition) is 1. The van der Waals surface area contributed by atoms with E-state index in [1.807, 2.05) is 11.3 Å². The van der Waals surface area contributed by atoms with Crippen LogP contribution in [0.25, 0.3) is 10.8 Å². The summed E-state index contributed by atoms with van der Waals surface area (Å²) in [6.07, 6.45) is 0.995. The molecule has 20 heavy (non-hydrogen) atoms. The van der Waals surface area contributed by atoms with Crippen molar-refractivity contribution >= 4 is 22.1 Å². The smallest absolute Gasteiger partial charge is 0.0102 e. The van der Waals surface area contributed by atoms with Crippen LogP contribution in [0.3, 0.4) is 0 Å². The van der Waals surface area contributed by atoms with Crippen LogP contribution in [-0.4, -0.2) is 6.54 Å². The SMILES string of the molecule is CC(CN)(Cc1cccs1)c1cccc2ccccc12. The molecule has 1 atom stereocenters. The van der Waals surface area contributed by atoms with E-state index in [0.29, 0.717) is 6.54 Å². The molecule has 0 aliphatic rings. The standard InChI is InChI=1S/C18H19NS/c1-18(13-19,12-15-8-5-11-20-15)17-10-4-7-14-6-2-3-9-16(14)17/h2-11H,12-13,19H2,1H3. The van der Waals surface area contributed by atoms with E-state index < -0.39 is 0 Å². The Morgan fingerprint density at radius 2 is 1.80 bits per heavy atom. The van der Waals surface area contributed by atoms with Gasteiger partial charge in [-0.1, -0.05) is 55.5 Å². The van der Waals surface area contributed by atoms with Crippen molar-refractivity contribution in [3.63, 3.8) is 0 Å². The van der Waals surface area contributed by atoms with Gasteiger partial charge in [-0.2, -0.15) is 0 Å². The monoisotopic (exact) mass is 281 g/mol. The summed E-state index contributed by atoms with van der Waals surface area (Å²) in [6, 6.07) is 19.4. The molecule has 0 fully saturated rings. The lowest BCUT2D eigenvalue weighted by molar-refractivity contribution is 0.489. The van der Waals surface area contributed by atoms with Gasteiger partial charge < -0.3 is 5.73 Å². The average Bonchev–Trinajstić information content (AvgIpc) is 2.99. The molecule has 2 N–H and O–H groups in total. The Morgan fingerprint density at radius 3 is 2.55 bits per heavy atom. The van der Waals surface area contributed by atoms with Gasteiger partial charge in [0.25, 0.3) is 0 Å². The van der Waals surface area contributed by atoms with Crippen molar-refractivity contribution in [1.29, 1.82) is 0 Å². The lowest BCUT2D eigenvalue weighted by atomic mass is 9.77. The second kappa shape index (κ2) is 5.39. The predicted molar refractivity (Wildman–Crippen MR) is 88.4 cm³/mol. The summed E-state index contributed by atoms with van der Waals surface area (Å²) in [5.41, 5.74) is 7.48. The first kappa shape index (κ1) is 13.3. The number of nitrogens with two attached hydrogens (primary N) is 1. The van der Waals surface area contributed by atoms with Gasteiger partial charge in [0, 0.05) is 16.8 Å². The number of fused-ring (bicyclic) bond motifs is 1. The highest BCUT2D eigenvalue weighted by molar-refractivity contribution is 7.09. The Morgan fingerprint density at radius 1 is 1.00 bits per heavy atom. The number of benzene rings is 2. The maximum absolute atomic E-state index is 6.15. The second-order valence-electron chi connectivity index (χ2n) is 5.55. The molecule has 1 nitrogen and oxygen atoms in total. The third-order valence-electron chi connectivity index (χ3n) is 4.03. The maximum Gasteiger partial charge on any atom is 0.0102 e. The van der Waals surface area contributed by atoms with Crippen molar-refractivity contribution in [2.45, 2.75) is 18.8 Å².